The van der Waals surface area contributed by atoms with Gasteiger partial charge in [-0.25, -0.2) is 19.9 Å². The minimum atomic E-state index is -0.133. The maximum atomic E-state index is 9.20. The molecule has 2 N–H and O–H groups in total. The average molecular weight is 698 g/mol. The Balaban J connectivity index is 0.000000191. The van der Waals surface area contributed by atoms with Crippen LogP contribution in [0, 0.1) is 21.2 Å². The summed E-state index contributed by atoms with van der Waals surface area (Å²) in [6.07, 6.45) is -0.0546. The Morgan fingerprint density at radius 2 is 1.15 bits per heavy atom. The molecular weight excluding hydrogens is 666 g/mol. The lowest BCUT2D eigenvalue weighted by atomic mass is 10.2. The number of aryl methyl sites for hydroxylation is 2. The van der Waals surface area contributed by atoms with E-state index in [0.717, 1.165) is 43.8 Å². The molecular formula is C22H32I2N6O4. The molecule has 10 nitrogen and oxygen atoms in total. The van der Waals surface area contributed by atoms with Gasteiger partial charge in [0.05, 0.1) is 37.6 Å². The molecule has 0 amide bonds. The number of nitrogens with zero attached hydrogens (tertiary/aromatic N) is 6. The van der Waals surface area contributed by atoms with Crippen LogP contribution >= 0.6 is 45.2 Å². The lowest BCUT2D eigenvalue weighted by molar-refractivity contribution is -0.0423. The molecule has 0 bridgehead atoms. The number of hydrogen-bond acceptors (Lipinski definition) is 10. The van der Waals surface area contributed by atoms with Gasteiger partial charge in [-0.2, -0.15) is 0 Å². The molecule has 0 radical (unpaired) electrons. The Kier molecular flexibility index (Phi) is 10.4. The number of anilines is 2. The van der Waals surface area contributed by atoms with Crippen LogP contribution in [0.3, 0.4) is 0 Å². The minimum Gasteiger partial charge on any atom is -0.394 e. The van der Waals surface area contributed by atoms with E-state index in [-0.39, 0.29) is 37.6 Å². The van der Waals surface area contributed by atoms with E-state index in [1.54, 1.807) is 0 Å². The Morgan fingerprint density at radius 1 is 0.765 bits per heavy atom. The molecule has 12 heteroatoms. The second kappa shape index (κ2) is 12.9. The monoisotopic (exact) mass is 698 g/mol. The summed E-state index contributed by atoms with van der Waals surface area (Å²) >= 11 is 4.38. The highest BCUT2D eigenvalue weighted by Gasteiger charge is 2.27. The molecule has 0 spiro atoms. The molecule has 188 valence electrons. The fraction of sp³-hybridized carbons (Fsp3) is 0.636. The summed E-state index contributed by atoms with van der Waals surface area (Å²) in [6.45, 7) is 10.8. The van der Waals surface area contributed by atoms with E-state index < -0.39 is 0 Å². The van der Waals surface area contributed by atoms with Crippen molar-refractivity contribution in [3.8, 4) is 0 Å². The van der Waals surface area contributed by atoms with Crippen molar-refractivity contribution >= 4 is 56.8 Å². The third-order valence-corrected chi connectivity index (χ3v) is 6.40. The third kappa shape index (κ3) is 8.05. The van der Waals surface area contributed by atoms with Crippen molar-refractivity contribution in [1.29, 1.82) is 0 Å². The van der Waals surface area contributed by atoms with E-state index in [9.17, 15) is 10.2 Å². The number of halogens is 2. The first kappa shape index (κ1) is 27.6. The van der Waals surface area contributed by atoms with E-state index in [4.69, 9.17) is 9.47 Å². The maximum Gasteiger partial charge on any atom is 0.133 e. The normalized spacial score (nSPS) is 25.1. The van der Waals surface area contributed by atoms with Crippen LogP contribution in [0.15, 0.2) is 12.1 Å². The lowest BCUT2D eigenvalue weighted by Crippen LogP contribution is -2.48. The highest BCUT2D eigenvalue weighted by molar-refractivity contribution is 14.1. The molecule has 2 aromatic rings. The van der Waals surface area contributed by atoms with Crippen molar-refractivity contribution in [2.75, 3.05) is 49.2 Å². The number of hydrogen-bond donors (Lipinski definition) is 2. The highest BCUT2D eigenvalue weighted by atomic mass is 127. The number of aromatic nitrogens is 4. The highest BCUT2D eigenvalue weighted by Crippen LogP contribution is 2.21. The summed E-state index contributed by atoms with van der Waals surface area (Å²) in [7, 11) is 0. The zero-order chi connectivity index (χ0) is 24.8. The molecule has 34 heavy (non-hydrogen) atoms. The van der Waals surface area contributed by atoms with Crippen LogP contribution in [0.25, 0.3) is 0 Å². The Bertz CT molecular complexity index is 840. The summed E-state index contributed by atoms with van der Waals surface area (Å²) in [5, 5.41) is 18.4. The van der Waals surface area contributed by atoms with Gasteiger partial charge >= 0.3 is 0 Å². The van der Waals surface area contributed by atoms with Crippen molar-refractivity contribution in [3.05, 3.63) is 31.2 Å². The molecule has 2 fully saturated rings. The standard InChI is InChI=1S/2C11H16IN3O2/c2*1-7-4-15(5-9(6-16)17-7)11-3-10(12)13-8(2)14-11/h2*3,7,9,16H,4-6H2,1-2H3. The van der Waals surface area contributed by atoms with Gasteiger partial charge in [-0.15, -0.1) is 0 Å². The molecule has 2 saturated heterocycles. The van der Waals surface area contributed by atoms with Gasteiger partial charge in [0.15, 0.2) is 0 Å². The molecule has 0 aliphatic carbocycles. The first-order valence-corrected chi connectivity index (χ1v) is 13.4. The van der Waals surface area contributed by atoms with Gasteiger partial charge in [-0.1, -0.05) is 0 Å². The molecule has 4 rings (SSSR count). The van der Waals surface area contributed by atoms with Gasteiger partial charge in [0.1, 0.15) is 30.7 Å². The van der Waals surface area contributed by atoms with Crippen LogP contribution in [0.2, 0.25) is 0 Å². The fourth-order valence-electron chi connectivity index (χ4n) is 4.02. The average Bonchev–Trinajstić information content (AvgIpc) is 2.77. The molecule has 4 atom stereocenters. The maximum absolute atomic E-state index is 9.20. The molecule has 0 saturated carbocycles. The Hall–Kier alpha value is -0.940. The van der Waals surface area contributed by atoms with E-state index >= 15 is 0 Å². The molecule has 2 aromatic heterocycles. The summed E-state index contributed by atoms with van der Waals surface area (Å²) < 4.78 is 13.1. The van der Waals surface area contributed by atoms with Gasteiger partial charge in [0.25, 0.3) is 0 Å². The number of aliphatic hydroxyl groups excluding tert-OH is 2. The number of aliphatic hydroxyl groups is 2. The molecule has 2 aliphatic heterocycles. The Labute approximate surface area is 227 Å². The summed E-state index contributed by atoms with van der Waals surface area (Å²) in [6, 6.07) is 3.92. The SMILES string of the molecule is Cc1nc(I)cc(N2CC(C)OC(CO)C2)n1.Cc1nc(I)cc(N2CC(C)OC(CO)C2)n1. The quantitative estimate of drug-likeness (QED) is 0.363. The fourth-order valence-corrected chi connectivity index (χ4v) is 5.28. The Morgan fingerprint density at radius 3 is 1.47 bits per heavy atom. The van der Waals surface area contributed by atoms with Gasteiger partial charge in [0, 0.05) is 38.3 Å². The van der Waals surface area contributed by atoms with Gasteiger partial charge in [-0.3, -0.25) is 0 Å². The number of ether oxygens (including phenoxy) is 2. The van der Waals surface area contributed by atoms with Crippen molar-refractivity contribution < 1.29 is 19.7 Å². The lowest BCUT2D eigenvalue weighted by Gasteiger charge is -2.36. The molecule has 4 heterocycles. The van der Waals surface area contributed by atoms with Crippen LogP contribution in [-0.4, -0.2) is 94.0 Å². The predicted molar refractivity (Wildman–Crippen MR) is 146 cm³/mol. The largest absolute Gasteiger partial charge is 0.394 e. The molecule has 0 aromatic carbocycles. The van der Waals surface area contributed by atoms with Crippen LogP contribution in [-0.2, 0) is 9.47 Å². The van der Waals surface area contributed by atoms with E-state index in [0.29, 0.717) is 13.1 Å². The topological polar surface area (TPSA) is 117 Å². The second-order valence-corrected chi connectivity index (χ2v) is 10.7. The van der Waals surface area contributed by atoms with Crippen LogP contribution < -0.4 is 9.80 Å². The molecule has 4 unspecified atom stereocenters. The van der Waals surface area contributed by atoms with E-state index in [1.807, 2.05) is 39.8 Å². The second-order valence-electron chi connectivity index (χ2n) is 8.50. The zero-order valence-corrected chi connectivity index (χ0v) is 24.2. The van der Waals surface area contributed by atoms with Crippen LogP contribution in [0.4, 0.5) is 11.6 Å². The van der Waals surface area contributed by atoms with E-state index in [1.165, 1.54) is 0 Å². The van der Waals surface area contributed by atoms with Crippen molar-refractivity contribution in [2.45, 2.75) is 52.1 Å². The predicted octanol–water partition coefficient (Wildman–Crippen LogP) is 1.95. The summed E-state index contributed by atoms with van der Waals surface area (Å²) in [5.41, 5.74) is 0. The molecule has 2 aliphatic rings. The van der Waals surface area contributed by atoms with E-state index in [2.05, 4.69) is 74.9 Å². The smallest absolute Gasteiger partial charge is 0.133 e. The minimum absolute atomic E-state index is 0.0436. The van der Waals surface area contributed by atoms with Gasteiger partial charge < -0.3 is 29.5 Å². The number of morpholine rings is 2. The van der Waals surface area contributed by atoms with Gasteiger partial charge in [-0.05, 0) is 72.9 Å². The van der Waals surface area contributed by atoms with Crippen molar-refractivity contribution in [2.24, 2.45) is 0 Å². The third-order valence-electron chi connectivity index (χ3n) is 5.29. The first-order valence-electron chi connectivity index (χ1n) is 11.2. The summed E-state index contributed by atoms with van der Waals surface area (Å²) in [4.78, 5) is 21.7. The van der Waals surface area contributed by atoms with Crippen molar-refractivity contribution in [3.63, 3.8) is 0 Å². The van der Waals surface area contributed by atoms with Crippen LogP contribution in [0.5, 0.6) is 0 Å². The first-order chi connectivity index (χ1) is 16.2. The number of rotatable bonds is 4. The van der Waals surface area contributed by atoms with Crippen LogP contribution in [0.1, 0.15) is 25.5 Å². The van der Waals surface area contributed by atoms with Crippen molar-refractivity contribution in [1.82, 2.24) is 19.9 Å². The zero-order valence-electron chi connectivity index (χ0n) is 19.9. The van der Waals surface area contributed by atoms with Gasteiger partial charge in [0.2, 0.25) is 0 Å². The summed E-state index contributed by atoms with van der Waals surface area (Å²) in [5.74, 6) is 3.36.